The van der Waals surface area contributed by atoms with Crippen molar-refractivity contribution in [2.75, 3.05) is 13.1 Å². The van der Waals surface area contributed by atoms with Gasteiger partial charge in [0.05, 0.1) is 11.0 Å². The Hall–Kier alpha value is -2.07. The van der Waals surface area contributed by atoms with Gasteiger partial charge in [0.15, 0.2) is 5.78 Å². The van der Waals surface area contributed by atoms with Crippen LogP contribution in [0.4, 0.5) is 0 Å². The van der Waals surface area contributed by atoms with Gasteiger partial charge in [0.1, 0.15) is 6.33 Å². The minimum absolute atomic E-state index is 0.130. The fraction of sp³-hybridized carbons (Fsp3) is 0.312. The maximum atomic E-state index is 13.0. The second-order valence-electron chi connectivity index (χ2n) is 5.15. The fourth-order valence-corrected chi connectivity index (χ4v) is 2.95. The highest BCUT2D eigenvalue weighted by atomic mass is 16.1. The van der Waals surface area contributed by atoms with Crippen LogP contribution in [-0.2, 0) is 5.41 Å². The van der Waals surface area contributed by atoms with Gasteiger partial charge in [0.2, 0.25) is 0 Å². The number of hydrogen-bond donors (Lipinski definition) is 1. The third kappa shape index (κ3) is 2.23. The first-order chi connectivity index (χ1) is 9.83. The third-order valence-corrected chi connectivity index (χ3v) is 4.04. The first-order valence-electron chi connectivity index (χ1n) is 6.89. The Balaban J connectivity index is 2.05. The summed E-state index contributed by atoms with van der Waals surface area (Å²) in [5.41, 5.74) is 1.24. The molecule has 0 radical (unpaired) electrons. The molecule has 1 aliphatic heterocycles. The smallest absolute Gasteiger partial charge is 0.176 e. The first-order valence-corrected chi connectivity index (χ1v) is 6.89. The molecule has 1 aromatic carbocycles. The molecule has 4 heteroatoms. The van der Waals surface area contributed by atoms with Gasteiger partial charge in [-0.25, -0.2) is 9.97 Å². The van der Waals surface area contributed by atoms with Crippen molar-refractivity contribution in [1.29, 1.82) is 0 Å². The van der Waals surface area contributed by atoms with Gasteiger partial charge < -0.3 is 5.32 Å². The van der Waals surface area contributed by atoms with E-state index in [2.05, 4.69) is 15.3 Å². The largest absolute Gasteiger partial charge is 0.317 e. The lowest BCUT2D eigenvalue weighted by atomic mass is 9.69. The number of benzene rings is 1. The molecule has 0 spiro atoms. The minimum Gasteiger partial charge on any atom is -0.317 e. The van der Waals surface area contributed by atoms with Crippen molar-refractivity contribution in [1.82, 2.24) is 15.3 Å². The van der Waals surface area contributed by atoms with Crippen molar-refractivity contribution in [2.24, 2.45) is 0 Å². The van der Waals surface area contributed by atoms with E-state index in [1.165, 1.54) is 6.33 Å². The fourth-order valence-electron chi connectivity index (χ4n) is 2.95. The Bertz CT molecular complexity index is 577. The van der Waals surface area contributed by atoms with Crippen molar-refractivity contribution < 1.29 is 4.79 Å². The van der Waals surface area contributed by atoms with Gasteiger partial charge in [0, 0.05) is 12.4 Å². The molecule has 1 N–H and O–H groups in total. The van der Waals surface area contributed by atoms with Crippen molar-refractivity contribution in [3.8, 4) is 0 Å². The molecule has 3 rings (SSSR count). The average Bonchev–Trinajstić information content (AvgIpc) is 2.56. The van der Waals surface area contributed by atoms with E-state index in [0.29, 0.717) is 5.56 Å². The zero-order chi connectivity index (χ0) is 13.8. The molecule has 1 saturated heterocycles. The maximum Gasteiger partial charge on any atom is 0.176 e. The van der Waals surface area contributed by atoms with Crippen molar-refractivity contribution in [3.05, 3.63) is 60.2 Å². The second kappa shape index (κ2) is 5.51. The van der Waals surface area contributed by atoms with Gasteiger partial charge in [-0.15, -0.1) is 0 Å². The van der Waals surface area contributed by atoms with Gasteiger partial charge in [-0.1, -0.05) is 30.3 Å². The van der Waals surface area contributed by atoms with Gasteiger partial charge in [-0.05, 0) is 31.5 Å². The summed E-state index contributed by atoms with van der Waals surface area (Å²) >= 11 is 0. The van der Waals surface area contributed by atoms with Crippen LogP contribution in [0, 0.1) is 0 Å². The lowest BCUT2D eigenvalue weighted by molar-refractivity contribution is 0.0846. The van der Waals surface area contributed by atoms with E-state index < -0.39 is 5.41 Å². The number of ketones is 1. The number of piperidine rings is 1. The molecule has 0 aliphatic carbocycles. The Labute approximate surface area is 118 Å². The summed E-state index contributed by atoms with van der Waals surface area (Å²) in [6, 6.07) is 10.1. The molecule has 1 aliphatic rings. The van der Waals surface area contributed by atoms with Gasteiger partial charge >= 0.3 is 0 Å². The second-order valence-corrected chi connectivity index (χ2v) is 5.15. The predicted octanol–water partition coefficient (Wildman–Crippen LogP) is 1.98. The molecule has 102 valence electrons. The summed E-state index contributed by atoms with van der Waals surface area (Å²) < 4.78 is 0. The summed E-state index contributed by atoms with van der Waals surface area (Å²) in [6.45, 7) is 1.71. The Morgan fingerprint density at radius 1 is 1.05 bits per heavy atom. The molecule has 0 atom stereocenters. The van der Waals surface area contributed by atoms with E-state index >= 15 is 0 Å². The number of nitrogens with zero attached hydrogens (tertiary/aromatic N) is 2. The maximum absolute atomic E-state index is 13.0. The van der Waals surface area contributed by atoms with Gasteiger partial charge in [-0.3, -0.25) is 4.79 Å². The van der Waals surface area contributed by atoms with Crippen molar-refractivity contribution in [2.45, 2.75) is 18.3 Å². The zero-order valence-electron chi connectivity index (χ0n) is 11.2. The van der Waals surface area contributed by atoms with E-state index in [4.69, 9.17) is 0 Å². The highest BCUT2D eigenvalue weighted by molar-refractivity contribution is 6.03. The molecule has 4 nitrogen and oxygen atoms in total. The number of Topliss-reactive ketones (excluding diaryl/α,β-unsaturated/α-hetero) is 1. The highest BCUT2D eigenvalue weighted by Crippen LogP contribution is 2.36. The molecular formula is C16H17N3O. The van der Waals surface area contributed by atoms with Crippen LogP contribution in [-0.4, -0.2) is 28.8 Å². The molecule has 2 aromatic rings. The summed E-state index contributed by atoms with van der Waals surface area (Å²) in [5, 5.41) is 3.33. The topological polar surface area (TPSA) is 54.9 Å². The van der Waals surface area contributed by atoms with E-state index in [0.717, 1.165) is 31.5 Å². The first kappa shape index (κ1) is 12.9. The van der Waals surface area contributed by atoms with E-state index in [1.807, 2.05) is 30.3 Å². The molecule has 20 heavy (non-hydrogen) atoms. The number of aromatic nitrogens is 2. The number of carbonyl (C=O) groups excluding carboxylic acids is 1. The molecular weight excluding hydrogens is 250 g/mol. The molecule has 1 fully saturated rings. The zero-order valence-corrected chi connectivity index (χ0v) is 11.2. The number of hydrogen-bond acceptors (Lipinski definition) is 4. The SMILES string of the molecule is O=C(c1cncnc1)C1(c2ccccc2)CCNCC1. The molecule has 0 bridgehead atoms. The van der Waals surface area contributed by atoms with Crippen LogP contribution in [0.2, 0.25) is 0 Å². The minimum atomic E-state index is -0.447. The summed E-state index contributed by atoms with van der Waals surface area (Å²) in [5.74, 6) is 0.130. The van der Waals surface area contributed by atoms with E-state index in [-0.39, 0.29) is 5.78 Å². The molecule has 1 aromatic heterocycles. The van der Waals surface area contributed by atoms with Crippen LogP contribution >= 0.6 is 0 Å². The average molecular weight is 267 g/mol. The number of carbonyl (C=O) groups is 1. The lowest BCUT2D eigenvalue weighted by Gasteiger charge is -2.36. The number of rotatable bonds is 3. The van der Waals surface area contributed by atoms with Crippen LogP contribution in [0.25, 0.3) is 0 Å². The van der Waals surface area contributed by atoms with Gasteiger partial charge in [0.25, 0.3) is 0 Å². The Morgan fingerprint density at radius 2 is 1.70 bits per heavy atom. The molecule has 0 saturated carbocycles. The predicted molar refractivity (Wildman–Crippen MR) is 76.6 cm³/mol. The molecule has 2 heterocycles. The van der Waals surface area contributed by atoms with Crippen LogP contribution < -0.4 is 5.32 Å². The monoisotopic (exact) mass is 267 g/mol. The quantitative estimate of drug-likeness (QED) is 0.864. The van der Waals surface area contributed by atoms with Gasteiger partial charge in [-0.2, -0.15) is 0 Å². The van der Waals surface area contributed by atoms with Crippen molar-refractivity contribution >= 4 is 5.78 Å². The molecule has 0 unspecified atom stereocenters. The van der Waals surface area contributed by atoms with Crippen LogP contribution in [0.3, 0.4) is 0 Å². The summed E-state index contributed by atoms with van der Waals surface area (Å²) in [7, 11) is 0. The van der Waals surface area contributed by atoms with Crippen LogP contribution in [0.5, 0.6) is 0 Å². The summed E-state index contributed by atoms with van der Waals surface area (Å²) in [4.78, 5) is 21.0. The molecule has 0 amide bonds. The Kier molecular flexibility index (Phi) is 3.56. The normalized spacial score (nSPS) is 17.6. The van der Waals surface area contributed by atoms with E-state index in [1.54, 1.807) is 12.4 Å². The lowest BCUT2D eigenvalue weighted by Crippen LogP contribution is -2.45. The number of nitrogens with one attached hydrogen (secondary N) is 1. The van der Waals surface area contributed by atoms with Crippen LogP contribution in [0.1, 0.15) is 28.8 Å². The van der Waals surface area contributed by atoms with Crippen molar-refractivity contribution in [3.63, 3.8) is 0 Å². The van der Waals surface area contributed by atoms with Crippen LogP contribution in [0.15, 0.2) is 49.1 Å². The third-order valence-electron chi connectivity index (χ3n) is 4.04. The Morgan fingerprint density at radius 3 is 2.35 bits per heavy atom. The van der Waals surface area contributed by atoms with E-state index in [9.17, 15) is 4.79 Å². The highest BCUT2D eigenvalue weighted by Gasteiger charge is 2.41. The summed E-state index contributed by atoms with van der Waals surface area (Å²) in [6.07, 6.45) is 6.30. The standard InChI is InChI=1S/C16H17N3O/c20-15(13-10-18-12-19-11-13)16(6-8-17-9-7-16)14-4-2-1-3-5-14/h1-5,10-12,17H,6-9H2.